The molecule has 0 bridgehead atoms. The highest BCUT2D eigenvalue weighted by molar-refractivity contribution is 5.21. The van der Waals surface area contributed by atoms with Gasteiger partial charge in [0.05, 0.1) is 0 Å². The molecule has 0 heterocycles. The summed E-state index contributed by atoms with van der Waals surface area (Å²) in [5, 5.41) is 0. The Balaban J connectivity index is 2.49. The van der Waals surface area contributed by atoms with Crippen molar-refractivity contribution in [3.05, 3.63) is 35.4 Å². The number of hydrogen-bond acceptors (Lipinski definition) is 1. The maximum atomic E-state index is 13.4. The number of nitrogens with two attached hydrogens (primary N) is 1. The molecule has 2 N–H and O–H groups in total. The molecule has 0 radical (unpaired) electrons. The van der Waals surface area contributed by atoms with Crippen LogP contribution in [0.25, 0.3) is 0 Å². The van der Waals surface area contributed by atoms with Gasteiger partial charge in [-0.25, -0.2) is 8.78 Å². The fourth-order valence-electron chi connectivity index (χ4n) is 1.75. The van der Waals surface area contributed by atoms with Crippen molar-refractivity contribution in [3.8, 4) is 0 Å². The van der Waals surface area contributed by atoms with Gasteiger partial charge >= 0.3 is 0 Å². The third-order valence-electron chi connectivity index (χ3n) is 2.73. The maximum Gasteiger partial charge on any atom is 0.130 e. The van der Waals surface area contributed by atoms with Gasteiger partial charge in [-0.3, -0.25) is 0 Å². The molecule has 0 spiro atoms. The lowest BCUT2D eigenvalue weighted by atomic mass is 10.0. The van der Waals surface area contributed by atoms with Crippen molar-refractivity contribution in [1.29, 1.82) is 0 Å². The predicted molar refractivity (Wildman–Crippen MR) is 62.0 cm³/mol. The van der Waals surface area contributed by atoms with Crippen LogP contribution in [0.5, 0.6) is 0 Å². The number of halogens is 2. The van der Waals surface area contributed by atoms with E-state index in [1.165, 1.54) is 25.0 Å². The smallest absolute Gasteiger partial charge is 0.130 e. The average molecular weight is 227 g/mol. The standard InChI is InChI=1S/C13H19F2N/c1-2-3-4-5-6-13(16)11-8-7-10(14)9-12(11)15/h7-9,13H,2-6,16H2,1H3. The third-order valence-corrected chi connectivity index (χ3v) is 2.73. The van der Waals surface area contributed by atoms with E-state index in [1.807, 2.05) is 0 Å². The van der Waals surface area contributed by atoms with Crippen molar-refractivity contribution in [2.24, 2.45) is 5.73 Å². The van der Waals surface area contributed by atoms with Crippen molar-refractivity contribution in [1.82, 2.24) is 0 Å². The molecule has 0 aliphatic rings. The second-order valence-electron chi connectivity index (χ2n) is 4.12. The molecule has 0 amide bonds. The first kappa shape index (κ1) is 13.1. The van der Waals surface area contributed by atoms with Crippen molar-refractivity contribution in [3.63, 3.8) is 0 Å². The second kappa shape index (κ2) is 6.59. The second-order valence-corrected chi connectivity index (χ2v) is 4.12. The zero-order valence-corrected chi connectivity index (χ0v) is 9.68. The number of hydrogen-bond donors (Lipinski definition) is 1. The van der Waals surface area contributed by atoms with E-state index in [0.29, 0.717) is 5.56 Å². The van der Waals surface area contributed by atoms with Gasteiger partial charge in [0.1, 0.15) is 11.6 Å². The Labute approximate surface area is 95.7 Å². The van der Waals surface area contributed by atoms with Crippen LogP contribution in [0, 0.1) is 11.6 Å². The topological polar surface area (TPSA) is 26.0 Å². The Morgan fingerprint density at radius 3 is 2.56 bits per heavy atom. The minimum Gasteiger partial charge on any atom is -0.324 e. The lowest BCUT2D eigenvalue weighted by Gasteiger charge is -2.12. The van der Waals surface area contributed by atoms with E-state index in [4.69, 9.17) is 5.73 Å². The highest BCUT2D eigenvalue weighted by Crippen LogP contribution is 2.21. The summed E-state index contributed by atoms with van der Waals surface area (Å²) in [5.74, 6) is -1.09. The largest absolute Gasteiger partial charge is 0.324 e. The third kappa shape index (κ3) is 3.89. The minimum atomic E-state index is -0.556. The molecule has 0 aromatic heterocycles. The van der Waals surface area contributed by atoms with Gasteiger partial charge in [-0.2, -0.15) is 0 Å². The zero-order chi connectivity index (χ0) is 12.0. The van der Waals surface area contributed by atoms with Gasteiger partial charge < -0.3 is 5.73 Å². The Morgan fingerprint density at radius 1 is 1.19 bits per heavy atom. The lowest BCUT2D eigenvalue weighted by Crippen LogP contribution is -2.12. The van der Waals surface area contributed by atoms with Crippen LogP contribution in [0.3, 0.4) is 0 Å². The summed E-state index contributed by atoms with van der Waals surface area (Å²) < 4.78 is 26.0. The Bertz CT molecular complexity index is 326. The van der Waals surface area contributed by atoms with Crippen LogP contribution in [0.2, 0.25) is 0 Å². The van der Waals surface area contributed by atoms with Crippen LogP contribution < -0.4 is 5.73 Å². The molecule has 1 atom stereocenters. The van der Waals surface area contributed by atoms with Crippen LogP contribution in [0.1, 0.15) is 50.6 Å². The molecule has 1 aromatic carbocycles. The number of benzene rings is 1. The lowest BCUT2D eigenvalue weighted by molar-refractivity contribution is 0.522. The SMILES string of the molecule is CCCCCCC(N)c1ccc(F)cc1F. The summed E-state index contributed by atoms with van der Waals surface area (Å²) >= 11 is 0. The summed E-state index contributed by atoms with van der Waals surface area (Å²) in [6, 6.07) is 3.26. The molecule has 90 valence electrons. The maximum absolute atomic E-state index is 13.4. The number of unbranched alkanes of at least 4 members (excludes halogenated alkanes) is 3. The minimum absolute atomic E-state index is 0.322. The molecular weight excluding hydrogens is 208 g/mol. The van der Waals surface area contributed by atoms with Crippen LogP contribution in [0.15, 0.2) is 18.2 Å². The molecule has 1 unspecified atom stereocenters. The van der Waals surface area contributed by atoms with Gasteiger partial charge in [-0.05, 0) is 12.5 Å². The molecule has 0 aliphatic heterocycles. The first-order chi connectivity index (χ1) is 7.65. The monoisotopic (exact) mass is 227 g/mol. The molecule has 1 nitrogen and oxygen atoms in total. The van der Waals surface area contributed by atoms with E-state index < -0.39 is 11.6 Å². The van der Waals surface area contributed by atoms with Crippen molar-refractivity contribution < 1.29 is 8.78 Å². The quantitative estimate of drug-likeness (QED) is 0.732. The molecule has 1 aromatic rings. The van der Waals surface area contributed by atoms with E-state index >= 15 is 0 Å². The summed E-state index contributed by atoms with van der Waals surface area (Å²) in [7, 11) is 0. The molecule has 16 heavy (non-hydrogen) atoms. The van der Waals surface area contributed by atoms with Crippen LogP contribution in [-0.4, -0.2) is 0 Å². The van der Waals surface area contributed by atoms with E-state index in [2.05, 4.69) is 6.92 Å². The molecule has 0 saturated heterocycles. The molecule has 0 fully saturated rings. The van der Waals surface area contributed by atoms with Crippen LogP contribution in [0.4, 0.5) is 8.78 Å². The molecule has 0 saturated carbocycles. The first-order valence-corrected chi connectivity index (χ1v) is 5.85. The summed E-state index contributed by atoms with van der Waals surface area (Å²) in [6.07, 6.45) is 5.21. The van der Waals surface area contributed by atoms with Crippen molar-refractivity contribution >= 4 is 0 Å². The average Bonchev–Trinajstić information content (AvgIpc) is 2.24. The highest BCUT2D eigenvalue weighted by Gasteiger charge is 2.11. The van der Waals surface area contributed by atoms with E-state index in [0.717, 1.165) is 25.3 Å². The highest BCUT2D eigenvalue weighted by atomic mass is 19.1. The molecule has 0 aliphatic carbocycles. The molecule has 1 rings (SSSR count). The van der Waals surface area contributed by atoms with E-state index in [9.17, 15) is 8.78 Å². The first-order valence-electron chi connectivity index (χ1n) is 5.85. The summed E-state index contributed by atoms with van der Waals surface area (Å²) in [6.45, 7) is 2.14. The normalized spacial score (nSPS) is 12.8. The van der Waals surface area contributed by atoms with Gasteiger partial charge in [0, 0.05) is 17.7 Å². The fraction of sp³-hybridized carbons (Fsp3) is 0.538. The van der Waals surface area contributed by atoms with Gasteiger partial charge in [0.25, 0.3) is 0 Å². The van der Waals surface area contributed by atoms with Crippen molar-refractivity contribution in [2.45, 2.75) is 45.1 Å². The van der Waals surface area contributed by atoms with Crippen LogP contribution >= 0.6 is 0 Å². The number of rotatable bonds is 6. The van der Waals surface area contributed by atoms with Gasteiger partial charge in [-0.15, -0.1) is 0 Å². The van der Waals surface area contributed by atoms with E-state index in [-0.39, 0.29) is 6.04 Å². The van der Waals surface area contributed by atoms with Crippen LogP contribution in [-0.2, 0) is 0 Å². The van der Waals surface area contributed by atoms with Gasteiger partial charge in [0.2, 0.25) is 0 Å². The van der Waals surface area contributed by atoms with Gasteiger partial charge in [-0.1, -0.05) is 38.7 Å². The summed E-state index contributed by atoms with van der Waals surface area (Å²) in [5.41, 5.74) is 6.28. The molecule has 3 heteroatoms. The Kier molecular flexibility index (Phi) is 5.39. The zero-order valence-electron chi connectivity index (χ0n) is 9.68. The molecular formula is C13H19F2N. The Morgan fingerprint density at radius 2 is 1.94 bits per heavy atom. The Hall–Kier alpha value is -0.960. The summed E-state index contributed by atoms with van der Waals surface area (Å²) in [4.78, 5) is 0. The van der Waals surface area contributed by atoms with Gasteiger partial charge in [0.15, 0.2) is 0 Å². The van der Waals surface area contributed by atoms with Crippen molar-refractivity contribution in [2.75, 3.05) is 0 Å². The fourth-order valence-corrected chi connectivity index (χ4v) is 1.75. The van der Waals surface area contributed by atoms with E-state index in [1.54, 1.807) is 0 Å². The predicted octanol–water partition coefficient (Wildman–Crippen LogP) is 3.94.